The number of hydrogen-bond donors (Lipinski definition) is 2. The summed E-state index contributed by atoms with van der Waals surface area (Å²) in [4.78, 5) is 16.7. The van der Waals surface area contributed by atoms with Gasteiger partial charge in [0, 0.05) is 23.5 Å². The monoisotopic (exact) mass is 271 g/mol. The highest BCUT2D eigenvalue weighted by Crippen LogP contribution is 2.23. The number of aryl methyl sites for hydroxylation is 1. The maximum absolute atomic E-state index is 12.2. The van der Waals surface area contributed by atoms with Gasteiger partial charge in [-0.25, -0.2) is 0 Å². The fraction of sp³-hybridized carbons (Fsp3) is 0.375. The first kappa shape index (κ1) is 14.5. The zero-order valence-corrected chi connectivity index (χ0v) is 12.2. The van der Waals surface area contributed by atoms with E-state index in [1.165, 1.54) is 0 Å². The number of carbonyl (C=O) groups is 1. The van der Waals surface area contributed by atoms with E-state index in [0.717, 1.165) is 28.8 Å². The first-order valence-corrected chi connectivity index (χ1v) is 6.99. The highest BCUT2D eigenvalue weighted by molar-refractivity contribution is 6.01. The summed E-state index contributed by atoms with van der Waals surface area (Å²) in [6.07, 6.45) is 0. The third kappa shape index (κ3) is 3.33. The van der Waals surface area contributed by atoms with Crippen molar-refractivity contribution >= 4 is 22.5 Å². The van der Waals surface area contributed by atoms with E-state index in [1.54, 1.807) is 0 Å². The third-order valence-corrected chi connectivity index (χ3v) is 3.25. The fourth-order valence-electron chi connectivity index (χ4n) is 2.12. The second-order valence-electron chi connectivity index (χ2n) is 5.03. The molecule has 2 aromatic rings. The van der Waals surface area contributed by atoms with Gasteiger partial charge >= 0.3 is 0 Å². The number of amides is 1. The van der Waals surface area contributed by atoms with Gasteiger partial charge in [-0.3, -0.25) is 9.78 Å². The van der Waals surface area contributed by atoms with E-state index in [0.29, 0.717) is 6.54 Å². The fourth-order valence-corrected chi connectivity index (χ4v) is 2.12. The van der Waals surface area contributed by atoms with Gasteiger partial charge in [0.1, 0.15) is 0 Å². The lowest BCUT2D eigenvalue weighted by Crippen LogP contribution is -2.30. The van der Waals surface area contributed by atoms with Crippen molar-refractivity contribution in [1.29, 1.82) is 0 Å². The second-order valence-corrected chi connectivity index (χ2v) is 5.03. The van der Waals surface area contributed by atoms with Crippen molar-refractivity contribution in [1.82, 2.24) is 10.3 Å². The summed E-state index contributed by atoms with van der Waals surface area (Å²) < 4.78 is 0. The topological polar surface area (TPSA) is 54.0 Å². The lowest BCUT2D eigenvalue weighted by molar-refractivity contribution is -0.119. The standard InChI is InChI=1S/C16H21N3O/c1-4-17-10-11(2)16(20)19-15-9-12(3)18-14-8-6-5-7-13(14)15/h5-9,11,17H,4,10H2,1-3H3,(H,18,19,20). The van der Waals surface area contributed by atoms with Crippen LogP contribution < -0.4 is 10.6 Å². The number of anilines is 1. The lowest BCUT2D eigenvalue weighted by atomic mass is 10.1. The molecule has 4 nitrogen and oxygen atoms in total. The van der Waals surface area contributed by atoms with Crippen molar-refractivity contribution in [2.24, 2.45) is 5.92 Å². The number of aromatic nitrogens is 1. The van der Waals surface area contributed by atoms with Gasteiger partial charge in [-0.2, -0.15) is 0 Å². The third-order valence-electron chi connectivity index (χ3n) is 3.25. The van der Waals surface area contributed by atoms with E-state index < -0.39 is 0 Å². The van der Waals surface area contributed by atoms with Crippen molar-refractivity contribution < 1.29 is 4.79 Å². The highest BCUT2D eigenvalue weighted by atomic mass is 16.1. The van der Waals surface area contributed by atoms with Crippen LogP contribution in [0.2, 0.25) is 0 Å². The van der Waals surface area contributed by atoms with Gasteiger partial charge in [-0.1, -0.05) is 32.0 Å². The smallest absolute Gasteiger partial charge is 0.228 e. The minimum Gasteiger partial charge on any atom is -0.325 e. The first-order valence-electron chi connectivity index (χ1n) is 6.99. The molecule has 2 N–H and O–H groups in total. The van der Waals surface area contributed by atoms with Crippen LogP contribution in [0.5, 0.6) is 0 Å². The van der Waals surface area contributed by atoms with Crippen LogP contribution in [0, 0.1) is 12.8 Å². The molecule has 1 aromatic heterocycles. The molecule has 0 saturated carbocycles. The summed E-state index contributed by atoms with van der Waals surface area (Å²) in [6, 6.07) is 9.76. The molecule has 1 unspecified atom stereocenters. The molecule has 1 amide bonds. The number of benzene rings is 1. The van der Waals surface area contributed by atoms with Crippen LogP contribution >= 0.6 is 0 Å². The average Bonchev–Trinajstić information content (AvgIpc) is 2.44. The number of rotatable bonds is 5. The average molecular weight is 271 g/mol. The summed E-state index contributed by atoms with van der Waals surface area (Å²) in [6.45, 7) is 7.45. The minimum absolute atomic E-state index is 0.0294. The van der Waals surface area contributed by atoms with E-state index in [2.05, 4.69) is 15.6 Å². The SMILES string of the molecule is CCNCC(C)C(=O)Nc1cc(C)nc2ccccc12. The molecule has 20 heavy (non-hydrogen) atoms. The molecule has 0 aliphatic heterocycles. The number of fused-ring (bicyclic) bond motifs is 1. The molecule has 106 valence electrons. The molecule has 0 bridgehead atoms. The molecule has 1 heterocycles. The molecule has 0 spiro atoms. The molecule has 0 saturated heterocycles. The van der Waals surface area contributed by atoms with Gasteiger partial charge in [0.2, 0.25) is 5.91 Å². The summed E-state index contributed by atoms with van der Waals surface area (Å²) in [7, 11) is 0. The zero-order valence-electron chi connectivity index (χ0n) is 12.2. The quantitative estimate of drug-likeness (QED) is 0.879. The van der Waals surface area contributed by atoms with Crippen LogP contribution in [0.3, 0.4) is 0 Å². The van der Waals surface area contributed by atoms with Crippen LogP contribution in [0.25, 0.3) is 10.9 Å². The summed E-state index contributed by atoms with van der Waals surface area (Å²) in [5.41, 5.74) is 2.64. The number of nitrogens with zero attached hydrogens (tertiary/aromatic N) is 1. The summed E-state index contributed by atoms with van der Waals surface area (Å²) >= 11 is 0. The van der Waals surface area contributed by atoms with Gasteiger partial charge < -0.3 is 10.6 Å². The van der Waals surface area contributed by atoms with Crippen molar-refractivity contribution in [3.8, 4) is 0 Å². The van der Waals surface area contributed by atoms with E-state index in [-0.39, 0.29) is 11.8 Å². The molecule has 0 fully saturated rings. The zero-order chi connectivity index (χ0) is 14.5. The number of carbonyl (C=O) groups excluding carboxylic acids is 1. The van der Waals surface area contributed by atoms with E-state index in [9.17, 15) is 4.79 Å². The number of hydrogen-bond acceptors (Lipinski definition) is 3. The number of para-hydroxylation sites is 1. The predicted molar refractivity (Wildman–Crippen MR) is 82.8 cm³/mol. The Morgan fingerprint density at radius 3 is 2.85 bits per heavy atom. The van der Waals surface area contributed by atoms with E-state index in [4.69, 9.17) is 0 Å². The number of pyridine rings is 1. The Morgan fingerprint density at radius 1 is 1.35 bits per heavy atom. The molecular weight excluding hydrogens is 250 g/mol. The van der Waals surface area contributed by atoms with Crippen LogP contribution in [0.4, 0.5) is 5.69 Å². The lowest BCUT2D eigenvalue weighted by Gasteiger charge is -2.14. The van der Waals surface area contributed by atoms with Crippen LogP contribution in [-0.2, 0) is 4.79 Å². The Morgan fingerprint density at radius 2 is 2.10 bits per heavy atom. The normalized spacial score (nSPS) is 12.3. The van der Waals surface area contributed by atoms with Crippen molar-refractivity contribution in [3.05, 3.63) is 36.0 Å². The molecule has 1 atom stereocenters. The van der Waals surface area contributed by atoms with E-state index in [1.807, 2.05) is 51.1 Å². The largest absolute Gasteiger partial charge is 0.325 e. The highest BCUT2D eigenvalue weighted by Gasteiger charge is 2.14. The van der Waals surface area contributed by atoms with Crippen LogP contribution in [-0.4, -0.2) is 24.0 Å². The van der Waals surface area contributed by atoms with Gasteiger partial charge in [-0.05, 0) is 25.6 Å². The molecular formula is C16H21N3O. The molecule has 1 aromatic carbocycles. The van der Waals surface area contributed by atoms with Crippen LogP contribution in [0.15, 0.2) is 30.3 Å². The van der Waals surface area contributed by atoms with Gasteiger partial charge in [0.15, 0.2) is 0 Å². The Hall–Kier alpha value is -1.94. The first-order chi connectivity index (χ1) is 9.61. The molecule has 4 heteroatoms. The maximum atomic E-state index is 12.2. The molecule has 0 aliphatic carbocycles. The summed E-state index contributed by atoms with van der Waals surface area (Å²) in [5, 5.41) is 7.18. The summed E-state index contributed by atoms with van der Waals surface area (Å²) in [5.74, 6) is -0.0381. The molecule has 0 aliphatic rings. The van der Waals surface area contributed by atoms with Gasteiger partial charge in [-0.15, -0.1) is 0 Å². The van der Waals surface area contributed by atoms with Crippen molar-refractivity contribution in [2.75, 3.05) is 18.4 Å². The Kier molecular flexibility index (Phi) is 4.69. The number of nitrogens with one attached hydrogen (secondary N) is 2. The van der Waals surface area contributed by atoms with Gasteiger partial charge in [0.25, 0.3) is 0 Å². The Balaban J connectivity index is 2.23. The second kappa shape index (κ2) is 6.48. The predicted octanol–water partition coefficient (Wildman–Crippen LogP) is 2.73. The Bertz CT molecular complexity index is 610. The molecule has 0 radical (unpaired) electrons. The maximum Gasteiger partial charge on any atom is 0.228 e. The van der Waals surface area contributed by atoms with Gasteiger partial charge in [0.05, 0.1) is 11.2 Å². The Labute approximate surface area is 119 Å². The molecule has 2 rings (SSSR count). The van der Waals surface area contributed by atoms with Crippen LogP contribution in [0.1, 0.15) is 19.5 Å². The minimum atomic E-state index is -0.0674. The van der Waals surface area contributed by atoms with E-state index >= 15 is 0 Å². The van der Waals surface area contributed by atoms with Crippen molar-refractivity contribution in [3.63, 3.8) is 0 Å². The van der Waals surface area contributed by atoms with Crippen molar-refractivity contribution in [2.45, 2.75) is 20.8 Å².